The fourth-order valence-electron chi connectivity index (χ4n) is 4.69. The molecule has 4 rings (SSSR count). The van der Waals surface area contributed by atoms with E-state index < -0.39 is 23.8 Å². The molecule has 2 N–H and O–H groups in total. The Labute approximate surface area is 187 Å². The Hall–Kier alpha value is -2.78. The van der Waals surface area contributed by atoms with Gasteiger partial charge in [0.05, 0.1) is 11.1 Å². The number of amides is 4. The summed E-state index contributed by atoms with van der Waals surface area (Å²) in [5.41, 5.74) is 1.53. The lowest BCUT2D eigenvalue weighted by Crippen LogP contribution is -2.54. The van der Waals surface area contributed by atoms with Crippen LogP contribution in [0.2, 0.25) is 0 Å². The number of piperidine rings is 1. The number of benzene rings is 1. The normalized spacial score (nSPS) is 21.8. The quantitative estimate of drug-likeness (QED) is 0.452. The lowest BCUT2D eigenvalue weighted by molar-refractivity contribution is -0.136. The number of nitrogens with zero attached hydrogens (tertiary/aromatic N) is 3. The Bertz CT molecular complexity index is 910. The van der Waals surface area contributed by atoms with E-state index in [-0.39, 0.29) is 25.4 Å². The van der Waals surface area contributed by atoms with E-state index in [4.69, 9.17) is 5.11 Å². The van der Waals surface area contributed by atoms with Crippen LogP contribution in [-0.4, -0.2) is 83.9 Å². The van der Waals surface area contributed by atoms with Gasteiger partial charge < -0.3 is 10.0 Å². The third kappa shape index (κ3) is 4.54. The average Bonchev–Trinajstić information content (AvgIpc) is 3.04. The van der Waals surface area contributed by atoms with E-state index in [9.17, 15) is 19.2 Å². The van der Waals surface area contributed by atoms with Gasteiger partial charge in [0.1, 0.15) is 6.04 Å². The predicted molar refractivity (Wildman–Crippen MR) is 117 cm³/mol. The van der Waals surface area contributed by atoms with E-state index in [1.807, 2.05) is 6.07 Å². The predicted octanol–water partition coefficient (Wildman–Crippen LogP) is 0.763. The molecule has 3 aliphatic heterocycles. The zero-order valence-electron chi connectivity index (χ0n) is 18.2. The van der Waals surface area contributed by atoms with Crippen LogP contribution in [0.15, 0.2) is 18.2 Å². The first-order valence-electron chi connectivity index (χ1n) is 11.4. The Morgan fingerprint density at radius 3 is 2.34 bits per heavy atom. The van der Waals surface area contributed by atoms with Crippen LogP contribution in [-0.2, 0) is 9.59 Å². The van der Waals surface area contributed by atoms with Crippen molar-refractivity contribution >= 4 is 29.3 Å². The molecule has 1 unspecified atom stereocenters. The summed E-state index contributed by atoms with van der Waals surface area (Å²) in [7, 11) is 0. The van der Waals surface area contributed by atoms with Crippen LogP contribution in [0.4, 0.5) is 5.69 Å². The van der Waals surface area contributed by atoms with Crippen molar-refractivity contribution in [3.8, 4) is 0 Å². The minimum atomic E-state index is -0.940. The van der Waals surface area contributed by atoms with Crippen LogP contribution >= 0.6 is 0 Å². The van der Waals surface area contributed by atoms with Gasteiger partial charge in [0, 0.05) is 44.9 Å². The van der Waals surface area contributed by atoms with Crippen molar-refractivity contribution in [2.24, 2.45) is 0 Å². The van der Waals surface area contributed by atoms with Gasteiger partial charge in [-0.1, -0.05) is 12.8 Å². The van der Waals surface area contributed by atoms with Crippen molar-refractivity contribution in [2.75, 3.05) is 44.2 Å². The molecule has 3 aliphatic rings. The number of imide groups is 2. The van der Waals surface area contributed by atoms with Crippen LogP contribution < -0.4 is 10.2 Å². The van der Waals surface area contributed by atoms with E-state index >= 15 is 0 Å². The minimum Gasteiger partial charge on any atom is -0.396 e. The number of nitrogens with one attached hydrogen (secondary N) is 1. The third-order valence-corrected chi connectivity index (χ3v) is 6.54. The molecule has 0 spiro atoms. The van der Waals surface area contributed by atoms with Crippen molar-refractivity contribution in [3.05, 3.63) is 29.3 Å². The molecule has 0 bridgehead atoms. The van der Waals surface area contributed by atoms with Crippen LogP contribution in [0, 0.1) is 0 Å². The number of hydrogen-bond donors (Lipinski definition) is 2. The smallest absolute Gasteiger partial charge is 0.262 e. The Balaban J connectivity index is 1.37. The first-order chi connectivity index (χ1) is 15.5. The maximum atomic E-state index is 13.0. The van der Waals surface area contributed by atoms with E-state index in [2.05, 4.69) is 15.1 Å². The van der Waals surface area contributed by atoms with Crippen LogP contribution in [0.25, 0.3) is 0 Å². The summed E-state index contributed by atoms with van der Waals surface area (Å²) in [6, 6.07) is 4.35. The van der Waals surface area contributed by atoms with Crippen molar-refractivity contribution in [1.29, 1.82) is 0 Å². The fraction of sp³-hybridized carbons (Fsp3) is 0.565. The molecular weight excluding hydrogens is 412 g/mol. The molecule has 2 saturated heterocycles. The van der Waals surface area contributed by atoms with Gasteiger partial charge in [0.2, 0.25) is 11.8 Å². The van der Waals surface area contributed by atoms with E-state index in [1.54, 1.807) is 12.1 Å². The summed E-state index contributed by atoms with van der Waals surface area (Å²) < 4.78 is 0. The number of hydrogen-bond acceptors (Lipinski definition) is 7. The highest BCUT2D eigenvalue weighted by atomic mass is 16.3. The molecule has 1 atom stereocenters. The fourth-order valence-corrected chi connectivity index (χ4v) is 4.69. The molecule has 9 heteroatoms. The summed E-state index contributed by atoms with van der Waals surface area (Å²) in [5.74, 6) is -1.92. The number of anilines is 1. The molecule has 9 nitrogen and oxygen atoms in total. The first-order valence-corrected chi connectivity index (χ1v) is 11.4. The molecule has 1 aromatic rings. The number of aliphatic hydroxyl groups excluding tert-OH is 1. The Kier molecular flexibility index (Phi) is 6.86. The van der Waals surface area contributed by atoms with Gasteiger partial charge in [0.25, 0.3) is 11.8 Å². The molecule has 172 valence electrons. The second-order valence-corrected chi connectivity index (χ2v) is 8.64. The minimum absolute atomic E-state index is 0.112. The summed E-state index contributed by atoms with van der Waals surface area (Å²) >= 11 is 0. The molecule has 0 aromatic heterocycles. The number of fused-ring (bicyclic) bond motifs is 1. The zero-order chi connectivity index (χ0) is 22.7. The number of carbonyl (C=O) groups is 4. The zero-order valence-corrected chi connectivity index (χ0v) is 18.2. The monoisotopic (exact) mass is 442 g/mol. The Morgan fingerprint density at radius 1 is 0.906 bits per heavy atom. The first kappa shape index (κ1) is 22.4. The highest BCUT2D eigenvalue weighted by Gasteiger charge is 2.44. The maximum absolute atomic E-state index is 13.0. The van der Waals surface area contributed by atoms with Gasteiger partial charge in [-0.2, -0.15) is 0 Å². The van der Waals surface area contributed by atoms with Gasteiger partial charge in [-0.05, 0) is 44.0 Å². The molecule has 32 heavy (non-hydrogen) atoms. The molecule has 4 amide bonds. The number of carbonyl (C=O) groups excluding carboxylic acids is 4. The van der Waals surface area contributed by atoms with Crippen molar-refractivity contribution in [1.82, 2.24) is 15.1 Å². The van der Waals surface area contributed by atoms with Crippen LogP contribution in [0.5, 0.6) is 0 Å². The van der Waals surface area contributed by atoms with Gasteiger partial charge in [-0.15, -0.1) is 0 Å². The summed E-state index contributed by atoms with van der Waals surface area (Å²) in [6.07, 6.45) is 4.46. The summed E-state index contributed by atoms with van der Waals surface area (Å²) in [5, 5.41) is 11.1. The largest absolute Gasteiger partial charge is 0.396 e. The SMILES string of the molecule is O=C1CCC(N2C(=O)c3ccc(N4CCN(CCCCCCO)CC4)cc3C2=O)C(=O)N1. The maximum Gasteiger partial charge on any atom is 0.262 e. The van der Waals surface area contributed by atoms with Crippen molar-refractivity contribution < 1.29 is 24.3 Å². The third-order valence-electron chi connectivity index (χ3n) is 6.54. The highest BCUT2D eigenvalue weighted by Crippen LogP contribution is 2.31. The molecule has 0 radical (unpaired) electrons. The lowest BCUT2D eigenvalue weighted by atomic mass is 10.0. The van der Waals surface area contributed by atoms with Crippen LogP contribution in [0.3, 0.4) is 0 Å². The topological polar surface area (TPSA) is 110 Å². The second-order valence-electron chi connectivity index (χ2n) is 8.64. The van der Waals surface area contributed by atoms with Gasteiger partial charge >= 0.3 is 0 Å². The highest BCUT2D eigenvalue weighted by molar-refractivity contribution is 6.23. The summed E-state index contributed by atoms with van der Waals surface area (Å²) in [6.45, 7) is 4.87. The molecule has 1 aromatic carbocycles. The van der Waals surface area contributed by atoms with Gasteiger partial charge in [-0.25, -0.2) is 0 Å². The molecular formula is C23H30N4O5. The van der Waals surface area contributed by atoms with Crippen LogP contribution in [0.1, 0.15) is 59.2 Å². The van der Waals surface area contributed by atoms with E-state index in [1.165, 1.54) is 0 Å². The molecule has 3 heterocycles. The number of piperazine rings is 1. The lowest BCUT2D eigenvalue weighted by Gasteiger charge is -2.36. The standard InChI is InChI=1S/C23H30N4O5/c28-14-4-2-1-3-9-25-10-12-26(13-11-25)16-5-6-17-18(15-16)23(32)27(22(17)31)19-7-8-20(29)24-21(19)30/h5-6,15,19,28H,1-4,7-14H2,(H,24,29,30). The van der Waals surface area contributed by atoms with Gasteiger partial charge in [-0.3, -0.25) is 34.3 Å². The van der Waals surface area contributed by atoms with E-state index in [0.29, 0.717) is 11.1 Å². The Morgan fingerprint density at radius 2 is 1.62 bits per heavy atom. The molecule has 0 aliphatic carbocycles. The molecule has 0 saturated carbocycles. The summed E-state index contributed by atoms with van der Waals surface area (Å²) in [4.78, 5) is 55.1. The number of unbranched alkanes of at least 4 members (excludes halogenated alkanes) is 3. The molecule has 2 fully saturated rings. The number of rotatable bonds is 8. The number of aliphatic hydroxyl groups is 1. The van der Waals surface area contributed by atoms with Crippen molar-refractivity contribution in [3.63, 3.8) is 0 Å². The second kappa shape index (κ2) is 9.79. The van der Waals surface area contributed by atoms with Gasteiger partial charge in [0.15, 0.2) is 0 Å². The van der Waals surface area contributed by atoms with Crippen molar-refractivity contribution in [2.45, 2.75) is 44.6 Å². The average molecular weight is 443 g/mol. The van der Waals surface area contributed by atoms with E-state index in [0.717, 1.165) is 69.0 Å².